The third kappa shape index (κ3) is 3.77. The Kier molecular flexibility index (Phi) is 5.00. The Morgan fingerprint density at radius 3 is 1.96 bits per heavy atom. The number of anilines is 2. The van der Waals surface area contributed by atoms with Crippen LogP contribution in [0.4, 0.5) is 11.6 Å². The molecule has 0 unspecified atom stereocenters. The van der Waals surface area contributed by atoms with Crippen molar-refractivity contribution in [3.05, 3.63) is 24.7 Å². The molecule has 0 saturated carbocycles. The predicted octanol–water partition coefficient (Wildman–Crippen LogP) is 0.711. The lowest BCUT2D eigenvalue weighted by Crippen LogP contribution is -2.49. The number of imidazole rings is 1. The Bertz CT molecular complexity index is 867. The normalized spacial score (nSPS) is 19.4. The molecule has 0 radical (unpaired) electrons. The van der Waals surface area contributed by atoms with Gasteiger partial charge in [-0.1, -0.05) is 0 Å². The maximum Gasteiger partial charge on any atom is 0.262 e. The SMILES string of the molecule is Cn1cnc(S(=O)(=O)N2CCN(c3ccc(N4CCCCC4)nn3)CC2)c1. The summed E-state index contributed by atoms with van der Waals surface area (Å²) in [6.45, 7) is 4.08. The number of hydrogen-bond donors (Lipinski definition) is 0. The highest BCUT2D eigenvalue weighted by molar-refractivity contribution is 7.89. The van der Waals surface area contributed by atoms with Crippen LogP contribution in [-0.2, 0) is 17.1 Å². The number of sulfonamides is 1. The van der Waals surface area contributed by atoms with Crippen molar-refractivity contribution < 1.29 is 8.42 Å². The van der Waals surface area contributed by atoms with Gasteiger partial charge in [0.1, 0.15) is 0 Å². The monoisotopic (exact) mass is 391 g/mol. The number of piperidine rings is 1. The average molecular weight is 392 g/mol. The molecule has 2 aliphatic heterocycles. The largest absolute Gasteiger partial charge is 0.355 e. The summed E-state index contributed by atoms with van der Waals surface area (Å²) in [5.41, 5.74) is 0. The average Bonchev–Trinajstić information content (AvgIpc) is 3.16. The van der Waals surface area contributed by atoms with Gasteiger partial charge in [0.05, 0.1) is 6.33 Å². The van der Waals surface area contributed by atoms with Gasteiger partial charge in [0.25, 0.3) is 10.0 Å². The zero-order valence-electron chi connectivity index (χ0n) is 15.5. The number of aryl methyl sites for hydroxylation is 1. The molecule has 2 aromatic heterocycles. The standard InChI is InChI=1S/C17H25N7O2S/c1-21-13-17(18-14-21)27(25,26)24-11-9-23(10-12-24)16-6-5-15(19-20-16)22-7-3-2-4-8-22/h5-6,13-14H,2-4,7-12H2,1H3. The van der Waals surface area contributed by atoms with Crippen LogP contribution in [0.2, 0.25) is 0 Å². The third-order valence-electron chi connectivity index (χ3n) is 5.16. The van der Waals surface area contributed by atoms with Crippen molar-refractivity contribution in [3.8, 4) is 0 Å². The van der Waals surface area contributed by atoms with Gasteiger partial charge < -0.3 is 14.4 Å². The van der Waals surface area contributed by atoms with Crippen molar-refractivity contribution in [2.45, 2.75) is 24.3 Å². The van der Waals surface area contributed by atoms with Crippen LogP contribution < -0.4 is 9.80 Å². The Morgan fingerprint density at radius 1 is 0.852 bits per heavy atom. The molecule has 0 bridgehead atoms. The summed E-state index contributed by atoms with van der Waals surface area (Å²) in [4.78, 5) is 8.34. The lowest BCUT2D eigenvalue weighted by Gasteiger charge is -2.34. The Balaban J connectivity index is 1.39. The van der Waals surface area contributed by atoms with Crippen molar-refractivity contribution in [1.29, 1.82) is 0 Å². The third-order valence-corrected chi connectivity index (χ3v) is 6.95. The number of hydrogen-bond acceptors (Lipinski definition) is 7. The zero-order valence-corrected chi connectivity index (χ0v) is 16.3. The fourth-order valence-corrected chi connectivity index (χ4v) is 4.98. The molecule has 0 atom stereocenters. The van der Waals surface area contributed by atoms with Crippen LogP contribution >= 0.6 is 0 Å². The van der Waals surface area contributed by atoms with E-state index in [2.05, 4.69) is 25.0 Å². The molecule has 4 heterocycles. The first-order chi connectivity index (χ1) is 13.0. The van der Waals surface area contributed by atoms with Gasteiger partial charge in [0.2, 0.25) is 0 Å². The molecular weight excluding hydrogens is 366 g/mol. The first-order valence-electron chi connectivity index (χ1n) is 9.36. The molecule has 0 aromatic carbocycles. The lowest BCUT2D eigenvalue weighted by atomic mass is 10.1. The van der Waals surface area contributed by atoms with Gasteiger partial charge >= 0.3 is 0 Å². The first-order valence-corrected chi connectivity index (χ1v) is 10.8. The summed E-state index contributed by atoms with van der Waals surface area (Å²) >= 11 is 0. The van der Waals surface area contributed by atoms with E-state index in [-0.39, 0.29) is 5.03 Å². The van der Waals surface area contributed by atoms with E-state index in [9.17, 15) is 8.42 Å². The minimum absolute atomic E-state index is 0.101. The van der Waals surface area contributed by atoms with Crippen molar-refractivity contribution in [3.63, 3.8) is 0 Å². The second kappa shape index (κ2) is 7.43. The molecule has 9 nitrogen and oxygen atoms in total. The van der Waals surface area contributed by atoms with Gasteiger partial charge in [0, 0.05) is 52.5 Å². The smallest absolute Gasteiger partial charge is 0.262 e. The molecule has 0 aliphatic carbocycles. The first kappa shape index (κ1) is 18.2. The molecule has 2 aliphatic rings. The minimum Gasteiger partial charge on any atom is -0.355 e. The van der Waals surface area contributed by atoms with Gasteiger partial charge in [0.15, 0.2) is 16.7 Å². The summed E-state index contributed by atoms with van der Waals surface area (Å²) in [5, 5.41) is 8.86. The van der Waals surface area contributed by atoms with Crippen molar-refractivity contribution in [2.24, 2.45) is 7.05 Å². The van der Waals surface area contributed by atoms with Gasteiger partial charge in [-0.2, -0.15) is 4.31 Å². The fourth-order valence-electron chi connectivity index (χ4n) is 3.59. The number of aromatic nitrogens is 4. The highest BCUT2D eigenvalue weighted by atomic mass is 32.2. The van der Waals surface area contributed by atoms with Crippen LogP contribution in [0, 0.1) is 0 Å². The van der Waals surface area contributed by atoms with Crippen molar-refractivity contribution >= 4 is 21.7 Å². The van der Waals surface area contributed by atoms with Crippen molar-refractivity contribution in [2.75, 3.05) is 49.1 Å². The Morgan fingerprint density at radius 2 is 1.44 bits per heavy atom. The van der Waals surface area contributed by atoms with E-state index in [0.717, 1.165) is 24.7 Å². The molecule has 2 saturated heterocycles. The summed E-state index contributed by atoms with van der Waals surface area (Å²) in [7, 11) is -1.78. The summed E-state index contributed by atoms with van der Waals surface area (Å²) < 4.78 is 28.5. The summed E-state index contributed by atoms with van der Waals surface area (Å²) in [6, 6.07) is 4.00. The van der Waals surface area contributed by atoms with E-state index in [1.165, 1.54) is 36.1 Å². The molecule has 4 rings (SSSR count). The van der Waals surface area contributed by atoms with Crippen LogP contribution in [0.25, 0.3) is 0 Å². The number of piperazine rings is 1. The predicted molar refractivity (Wildman–Crippen MR) is 102 cm³/mol. The van der Waals surface area contributed by atoms with Crippen LogP contribution in [0.5, 0.6) is 0 Å². The lowest BCUT2D eigenvalue weighted by molar-refractivity contribution is 0.382. The highest BCUT2D eigenvalue weighted by Crippen LogP contribution is 2.21. The van der Waals surface area contributed by atoms with Crippen molar-refractivity contribution in [1.82, 2.24) is 24.1 Å². The van der Waals surface area contributed by atoms with E-state index in [1.54, 1.807) is 11.6 Å². The second-order valence-electron chi connectivity index (χ2n) is 7.07. The van der Waals surface area contributed by atoms with E-state index >= 15 is 0 Å². The van der Waals surface area contributed by atoms with E-state index in [4.69, 9.17) is 0 Å². The molecule has 2 fully saturated rings. The molecule has 0 N–H and O–H groups in total. The fraction of sp³-hybridized carbons (Fsp3) is 0.588. The topological polar surface area (TPSA) is 87.5 Å². The van der Waals surface area contributed by atoms with Gasteiger partial charge in [-0.05, 0) is 31.4 Å². The molecular formula is C17H25N7O2S. The molecule has 146 valence electrons. The quantitative estimate of drug-likeness (QED) is 0.758. The van der Waals surface area contributed by atoms with E-state index in [0.29, 0.717) is 26.2 Å². The molecule has 27 heavy (non-hydrogen) atoms. The summed E-state index contributed by atoms with van der Waals surface area (Å²) in [6.07, 6.45) is 6.73. The Labute approximate surface area is 159 Å². The van der Waals surface area contributed by atoms with E-state index in [1.807, 2.05) is 12.1 Å². The van der Waals surface area contributed by atoms with Crippen LogP contribution in [-0.4, -0.2) is 71.7 Å². The van der Waals surface area contributed by atoms with Gasteiger partial charge in [-0.15, -0.1) is 10.2 Å². The van der Waals surface area contributed by atoms with Gasteiger partial charge in [-0.25, -0.2) is 13.4 Å². The maximum absolute atomic E-state index is 12.7. The zero-order chi connectivity index (χ0) is 18.9. The molecule has 0 spiro atoms. The van der Waals surface area contributed by atoms with Gasteiger partial charge in [-0.3, -0.25) is 0 Å². The molecule has 2 aromatic rings. The molecule has 0 amide bonds. The number of rotatable bonds is 4. The van der Waals surface area contributed by atoms with Crippen LogP contribution in [0.3, 0.4) is 0 Å². The van der Waals surface area contributed by atoms with Crippen LogP contribution in [0.1, 0.15) is 19.3 Å². The molecule has 10 heteroatoms. The summed E-state index contributed by atoms with van der Waals surface area (Å²) in [5.74, 6) is 1.72. The van der Waals surface area contributed by atoms with Crippen LogP contribution in [0.15, 0.2) is 29.7 Å². The highest BCUT2D eigenvalue weighted by Gasteiger charge is 2.30. The van der Waals surface area contributed by atoms with E-state index < -0.39 is 10.0 Å². The number of nitrogens with zero attached hydrogens (tertiary/aromatic N) is 7. The minimum atomic E-state index is -3.54. The second-order valence-corrected chi connectivity index (χ2v) is 8.95. The Hall–Kier alpha value is -2.20. The maximum atomic E-state index is 12.7.